The number of carbonyl (C=O) groups is 1. The summed E-state index contributed by atoms with van der Waals surface area (Å²) in [4.78, 5) is 15.6. The van der Waals surface area contributed by atoms with E-state index in [1.54, 1.807) is 13.3 Å². The lowest BCUT2D eigenvalue weighted by Gasteiger charge is -2.28. The third-order valence-corrected chi connectivity index (χ3v) is 4.16. The van der Waals surface area contributed by atoms with Gasteiger partial charge in [-0.15, -0.1) is 0 Å². The van der Waals surface area contributed by atoms with Gasteiger partial charge in [-0.25, -0.2) is 9.48 Å². The second-order valence-corrected chi connectivity index (χ2v) is 6.12. The third kappa shape index (κ3) is 2.79. The molecule has 2 atom stereocenters. The number of hydrogen-bond donors (Lipinski definition) is 2. The highest BCUT2D eigenvalue weighted by atomic mass is 16.7. The molecule has 128 valence electrons. The van der Waals surface area contributed by atoms with Crippen molar-refractivity contribution >= 4 is 5.97 Å². The number of ether oxygens (including phenoxy) is 2. The number of hydrogen-bond acceptors (Lipinski definition) is 6. The lowest BCUT2D eigenvalue weighted by atomic mass is 10.1. The first-order valence-corrected chi connectivity index (χ1v) is 7.53. The average Bonchev–Trinajstić information content (AvgIpc) is 3.12. The summed E-state index contributed by atoms with van der Waals surface area (Å²) in [6.45, 7) is 5.97. The molecule has 0 bridgehead atoms. The van der Waals surface area contributed by atoms with E-state index in [0.29, 0.717) is 17.9 Å². The van der Waals surface area contributed by atoms with Crippen molar-refractivity contribution in [2.45, 2.75) is 32.3 Å². The van der Waals surface area contributed by atoms with Gasteiger partial charge in [-0.3, -0.25) is 10.3 Å². The number of carboxylic acids is 1. The van der Waals surface area contributed by atoms with Gasteiger partial charge in [0, 0.05) is 12.8 Å². The van der Waals surface area contributed by atoms with Crippen LogP contribution >= 0.6 is 0 Å². The monoisotopic (exact) mass is 332 g/mol. The van der Waals surface area contributed by atoms with Gasteiger partial charge in [0.25, 0.3) is 0 Å². The van der Waals surface area contributed by atoms with Crippen molar-refractivity contribution in [3.63, 3.8) is 0 Å². The number of carboxylic acid groups (broad SMARTS) is 1. The number of methoxy groups -OCH3 is 1. The van der Waals surface area contributed by atoms with Gasteiger partial charge in [0.05, 0.1) is 24.1 Å². The zero-order chi connectivity index (χ0) is 17.5. The summed E-state index contributed by atoms with van der Waals surface area (Å²) < 4.78 is 13.0. The van der Waals surface area contributed by atoms with Crippen molar-refractivity contribution in [2.24, 2.45) is 0 Å². The molecule has 3 heterocycles. The molecule has 0 radical (unpaired) electrons. The molecule has 0 saturated carbocycles. The zero-order valence-corrected chi connectivity index (χ0v) is 14.0. The van der Waals surface area contributed by atoms with Crippen LogP contribution in [-0.4, -0.2) is 45.3 Å². The fourth-order valence-corrected chi connectivity index (χ4v) is 2.70. The molecule has 0 aliphatic carbocycles. The summed E-state index contributed by atoms with van der Waals surface area (Å²) in [5, 5.41) is 16.7. The molecule has 8 heteroatoms. The number of pyridine rings is 1. The maximum absolute atomic E-state index is 11.4. The van der Waals surface area contributed by atoms with E-state index >= 15 is 0 Å². The van der Waals surface area contributed by atoms with Crippen molar-refractivity contribution in [3.05, 3.63) is 41.5 Å². The van der Waals surface area contributed by atoms with Crippen molar-refractivity contribution in [1.82, 2.24) is 20.1 Å². The second kappa shape index (κ2) is 5.66. The minimum atomic E-state index is -1.11. The minimum Gasteiger partial charge on any atom is -0.476 e. The molecule has 0 spiro atoms. The first kappa shape index (κ1) is 16.6. The molecule has 2 aromatic heterocycles. The highest BCUT2D eigenvalue weighted by Gasteiger charge is 2.47. The molecule has 2 unspecified atom stereocenters. The predicted octanol–water partition coefficient (Wildman–Crippen LogP) is 1.43. The Morgan fingerprint density at radius 3 is 2.75 bits per heavy atom. The smallest absolute Gasteiger partial charge is 0.356 e. The maximum atomic E-state index is 11.4. The third-order valence-electron chi connectivity index (χ3n) is 4.16. The van der Waals surface area contributed by atoms with E-state index < -0.39 is 17.5 Å². The van der Waals surface area contributed by atoms with Gasteiger partial charge in [-0.1, -0.05) is 0 Å². The fraction of sp³-hybridized carbons (Fsp3) is 0.438. The van der Waals surface area contributed by atoms with Crippen LogP contribution in [0.4, 0.5) is 0 Å². The highest BCUT2D eigenvalue weighted by molar-refractivity contribution is 5.85. The average molecular weight is 332 g/mol. The fourth-order valence-electron chi connectivity index (χ4n) is 2.70. The summed E-state index contributed by atoms with van der Waals surface area (Å²) >= 11 is 0. The Balaban J connectivity index is 2.10. The first-order chi connectivity index (χ1) is 11.3. The lowest BCUT2D eigenvalue weighted by Crippen LogP contribution is -2.37. The van der Waals surface area contributed by atoms with Gasteiger partial charge < -0.3 is 14.6 Å². The van der Waals surface area contributed by atoms with Crippen LogP contribution in [0.25, 0.3) is 5.69 Å². The molecule has 3 rings (SSSR count). The second-order valence-electron chi connectivity index (χ2n) is 6.12. The normalized spacial score (nSPS) is 26.7. The Morgan fingerprint density at radius 1 is 1.46 bits per heavy atom. The lowest BCUT2D eigenvalue weighted by molar-refractivity contribution is -0.224. The molecular weight excluding hydrogens is 312 g/mol. The first-order valence-electron chi connectivity index (χ1n) is 7.53. The largest absolute Gasteiger partial charge is 0.476 e. The number of nitrogens with zero attached hydrogens (tertiary/aromatic N) is 3. The molecule has 2 N–H and O–H groups in total. The number of aromatic carboxylic acids is 1. The molecule has 2 aromatic rings. The Morgan fingerprint density at radius 2 is 2.21 bits per heavy atom. The van der Waals surface area contributed by atoms with Crippen molar-refractivity contribution in [2.75, 3.05) is 13.7 Å². The molecule has 8 nitrogen and oxygen atoms in total. The molecule has 0 amide bonds. The number of rotatable bonds is 4. The summed E-state index contributed by atoms with van der Waals surface area (Å²) in [7, 11) is 1.57. The van der Waals surface area contributed by atoms with Gasteiger partial charge in [0.15, 0.2) is 17.2 Å². The van der Waals surface area contributed by atoms with Gasteiger partial charge in [-0.2, -0.15) is 5.10 Å². The highest BCUT2D eigenvalue weighted by Crippen LogP contribution is 2.35. The van der Waals surface area contributed by atoms with Crippen LogP contribution in [0.3, 0.4) is 0 Å². The Kier molecular flexibility index (Phi) is 3.90. The van der Waals surface area contributed by atoms with Crippen LogP contribution in [0.5, 0.6) is 0 Å². The standard InChI is InChI=1S/C16H20N4O4/c1-10-5-6-11(8-17-10)20-13(7-12(19-20)14(21)22)16(3)18-9-15(2,23-4)24-16/h5-8,18H,9H2,1-4H3,(H,21,22). The number of aryl methyl sites for hydroxylation is 1. The summed E-state index contributed by atoms with van der Waals surface area (Å²) in [5.41, 5.74) is 1.06. The van der Waals surface area contributed by atoms with Gasteiger partial charge in [0.1, 0.15) is 0 Å². The van der Waals surface area contributed by atoms with Crippen LogP contribution < -0.4 is 5.32 Å². The van der Waals surface area contributed by atoms with E-state index in [2.05, 4.69) is 15.4 Å². The van der Waals surface area contributed by atoms with Crippen LogP contribution in [0.1, 0.15) is 35.7 Å². The maximum Gasteiger partial charge on any atom is 0.356 e. The van der Waals surface area contributed by atoms with Crippen molar-refractivity contribution in [1.29, 1.82) is 0 Å². The topological polar surface area (TPSA) is 98.5 Å². The molecule has 0 aromatic carbocycles. The van der Waals surface area contributed by atoms with Gasteiger partial charge in [-0.05, 0) is 39.0 Å². The van der Waals surface area contributed by atoms with E-state index in [4.69, 9.17) is 9.47 Å². The summed E-state index contributed by atoms with van der Waals surface area (Å²) in [6, 6.07) is 5.17. The van der Waals surface area contributed by atoms with Crippen LogP contribution in [0.2, 0.25) is 0 Å². The molecular formula is C16H20N4O4. The van der Waals surface area contributed by atoms with Crippen molar-refractivity contribution < 1.29 is 19.4 Å². The molecule has 1 aliphatic heterocycles. The molecule has 1 saturated heterocycles. The zero-order valence-electron chi connectivity index (χ0n) is 14.0. The SMILES string of the molecule is COC1(C)CNC(C)(c2cc(C(=O)O)nn2-c2ccc(C)nc2)O1. The van der Waals surface area contributed by atoms with E-state index in [9.17, 15) is 9.90 Å². The van der Waals surface area contributed by atoms with E-state index in [1.165, 1.54) is 10.7 Å². The Labute approximate surface area is 139 Å². The van der Waals surface area contributed by atoms with Gasteiger partial charge in [0.2, 0.25) is 0 Å². The van der Waals surface area contributed by atoms with Crippen LogP contribution in [0.15, 0.2) is 24.4 Å². The minimum absolute atomic E-state index is 0.0665. The number of aromatic nitrogens is 3. The van der Waals surface area contributed by atoms with E-state index in [0.717, 1.165) is 5.69 Å². The molecule has 24 heavy (non-hydrogen) atoms. The molecule has 1 aliphatic rings. The van der Waals surface area contributed by atoms with Crippen LogP contribution in [0, 0.1) is 6.92 Å². The molecule has 1 fully saturated rings. The van der Waals surface area contributed by atoms with E-state index in [1.807, 2.05) is 32.9 Å². The quantitative estimate of drug-likeness (QED) is 0.874. The van der Waals surface area contributed by atoms with Crippen molar-refractivity contribution in [3.8, 4) is 5.69 Å². The summed E-state index contributed by atoms with van der Waals surface area (Å²) in [6.07, 6.45) is 1.64. The van der Waals surface area contributed by atoms with Crippen LogP contribution in [-0.2, 0) is 15.2 Å². The van der Waals surface area contributed by atoms with Gasteiger partial charge >= 0.3 is 5.97 Å². The number of nitrogens with one attached hydrogen (secondary N) is 1. The predicted molar refractivity (Wildman–Crippen MR) is 84.9 cm³/mol. The Bertz CT molecular complexity index is 773. The summed E-state index contributed by atoms with van der Waals surface area (Å²) in [5.74, 6) is -1.91. The Hall–Kier alpha value is -2.29. The van der Waals surface area contributed by atoms with E-state index in [-0.39, 0.29) is 5.69 Å².